The molecule has 2 aromatic heterocycles. The number of thiophene rings is 1. The fraction of sp³-hybridized carbons (Fsp3) is 0.438. The molecule has 7 heteroatoms. The van der Waals surface area contributed by atoms with Crippen LogP contribution in [0.2, 0.25) is 0 Å². The molecule has 0 bridgehead atoms. The van der Waals surface area contributed by atoms with Gasteiger partial charge in [-0.1, -0.05) is 6.92 Å². The average Bonchev–Trinajstić information content (AvgIpc) is 3.15. The summed E-state index contributed by atoms with van der Waals surface area (Å²) in [5, 5.41) is 13.7. The third-order valence-electron chi connectivity index (χ3n) is 3.81. The van der Waals surface area contributed by atoms with Crippen LogP contribution in [0.5, 0.6) is 0 Å². The largest absolute Gasteiger partial charge is 0.347 e. The number of nitrogens with one attached hydrogen (secondary N) is 2. The van der Waals surface area contributed by atoms with Crippen LogP contribution in [0.25, 0.3) is 0 Å². The summed E-state index contributed by atoms with van der Waals surface area (Å²) in [5.41, 5.74) is 3.32. The molecular formula is C16H22N4O2S. The van der Waals surface area contributed by atoms with Gasteiger partial charge in [0.05, 0.1) is 17.1 Å². The van der Waals surface area contributed by atoms with Crippen molar-refractivity contribution in [3.8, 4) is 0 Å². The maximum absolute atomic E-state index is 12.1. The predicted molar refractivity (Wildman–Crippen MR) is 91.7 cm³/mol. The lowest BCUT2D eigenvalue weighted by atomic mass is 10.1. The van der Waals surface area contributed by atoms with Gasteiger partial charge in [-0.3, -0.25) is 14.3 Å². The fourth-order valence-corrected chi connectivity index (χ4v) is 3.14. The number of aryl methyl sites for hydroxylation is 2. The van der Waals surface area contributed by atoms with E-state index in [1.807, 2.05) is 44.5 Å². The molecule has 0 aliphatic rings. The monoisotopic (exact) mass is 334 g/mol. The minimum atomic E-state index is -0.663. The molecule has 0 aromatic carbocycles. The van der Waals surface area contributed by atoms with Crippen LogP contribution in [-0.4, -0.2) is 28.1 Å². The van der Waals surface area contributed by atoms with Gasteiger partial charge >= 0.3 is 11.8 Å². The van der Waals surface area contributed by atoms with Crippen LogP contribution in [0.4, 0.5) is 5.69 Å². The normalized spacial score (nSPS) is 12.0. The number of carbonyl (C=O) groups excluding carboxylic acids is 2. The molecule has 0 spiro atoms. The summed E-state index contributed by atoms with van der Waals surface area (Å²) in [6.07, 6.45) is 0. The van der Waals surface area contributed by atoms with Crippen molar-refractivity contribution in [2.75, 3.05) is 11.9 Å². The van der Waals surface area contributed by atoms with Crippen LogP contribution in [0.3, 0.4) is 0 Å². The molecule has 2 N–H and O–H groups in total. The molecule has 0 saturated heterocycles. The first-order valence-corrected chi connectivity index (χ1v) is 8.53. The Hall–Kier alpha value is -2.15. The van der Waals surface area contributed by atoms with Gasteiger partial charge < -0.3 is 10.6 Å². The summed E-state index contributed by atoms with van der Waals surface area (Å²) in [6.45, 7) is 8.81. The number of anilines is 1. The number of hydrogen-bond donors (Lipinski definition) is 2. The van der Waals surface area contributed by atoms with Crippen LogP contribution in [-0.2, 0) is 16.1 Å². The number of amides is 2. The minimum absolute atomic E-state index is 0.171. The molecule has 0 saturated carbocycles. The number of hydrogen-bond acceptors (Lipinski definition) is 4. The topological polar surface area (TPSA) is 76.0 Å². The molecule has 0 aliphatic carbocycles. The van der Waals surface area contributed by atoms with E-state index in [2.05, 4.69) is 15.7 Å². The van der Waals surface area contributed by atoms with E-state index in [1.54, 1.807) is 16.0 Å². The van der Waals surface area contributed by atoms with E-state index in [1.165, 1.54) is 0 Å². The van der Waals surface area contributed by atoms with Gasteiger partial charge in [-0.15, -0.1) is 0 Å². The second-order valence-electron chi connectivity index (χ2n) is 5.48. The van der Waals surface area contributed by atoms with Gasteiger partial charge in [-0.05, 0) is 49.1 Å². The number of carbonyl (C=O) groups is 2. The number of aromatic nitrogens is 2. The molecule has 6 nitrogen and oxygen atoms in total. The van der Waals surface area contributed by atoms with Crippen molar-refractivity contribution in [3.05, 3.63) is 33.8 Å². The zero-order chi connectivity index (χ0) is 17.0. The highest BCUT2D eigenvalue weighted by atomic mass is 32.1. The first-order chi connectivity index (χ1) is 10.9. The van der Waals surface area contributed by atoms with Crippen molar-refractivity contribution in [3.63, 3.8) is 0 Å². The van der Waals surface area contributed by atoms with Crippen molar-refractivity contribution in [1.82, 2.24) is 15.1 Å². The SMILES string of the molecule is CCn1nc(C)c(NC(=O)C(=O)NC[C@@H](C)c2ccsc2)c1C. The highest BCUT2D eigenvalue weighted by Crippen LogP contribution is 2.19. The van der Waals surface area contributed by atoms with Crippen LogP contribution < -0.4 is 10.6 Å². The van der Waals surface area contributed by atoms with Gasteiger partial charge in [-0.25, -0.2) is 0 Å². The lowest BCUT2D eigenvalue weighted by Gasteiger charge is -2.11. The van der Waals surface area contributed by atoms with E-state index in [0.29, 0.717) is 24.5 Å². The first kappa shape index (κ1) is 17.2. The van der Waals surface area contributed by atoms with Crippen molar-refractivity contribution < 1.29 is 9.59 Å². The Bertz CT molecular complexity index is 691. The lowest BCUT2D eigenvalue weighted by molar-refractivity contribution is -0.136. The van der Waals surface area contributed by atoms with Crippen LogP contribution in [0.15, 0.2) is 16.8 Å². The van der Waals surface area contributed by atoms with Crippen LogP contribution in [0, 0.1) is 13.8 Å². The Labute approximate surface area is 139 Å². The van der Waals surface area contributed by atoms with Crippen molar-refractivity contribution in [2.45, 2.75) is 40.2 Å². The molecule has 2 heterocycles. The lowest BCUT2D eigenvalue weighted by Crippen LogP contribution is -2.37. The Morgan fingerprint density at radius 2 is 2.09 bits per heavy atom. The Balaban J connectivity index is 1.93. The Morgan fingerprint density at radius 1 is 1.35 bits per heavy atom. The van der Waals surface area contributed by atoms with Crippen molar-refractivity contribution in [1.29, 1.82) is 0 Å². The Kier molecular flexibility index (Phi) is 5.54. The molecule has 0 fully saturated rings. The summed E-state index contributed by atoms with van der Waals surface area (Å²) < 4.78 is 1.79. The van der Waals surface area contributed by atoms with Gasteiger partial charge in [0, 0.05) is 13.1 Å². The maximum Gasteiger partial charge on any atom is 0.313 e. The van der Waals surface area contributed by atoms with Gasteiger partial charge in [0.25, 0.3) is 0 Å². The smallest absolute Gasteiger partial charge is 0.313 e. The molecule has 0 unspecified atom stereocenters. The number of rotatable bonds is 5. The molecule has 2 aromatic rings. The Morgan fingerprint density at radius 3 is 2.65 bits per heavy atom. The van der Waals surface area contributed by atoms with E-state index in [4.69, 9.17) is 0 Å². The molecule has 0 radical (unpaired) electrons. The summed E-state index contributed by atoms with van der Waals surface area (Å²) >= 11 is 1.62. The summed E-state index contributed by atoms with van der Waals surface area (Å²) in [4.78, 5) is 24.0. The quantitative estimate of drug-likeness (QED) is 0.825. The number of nitrogens with zero attached hydrogens (tertiary/aromatic N) is 2. The third kappa shape index (κ3) is 3.98. The van der Waals surface area contributed by atoms with Crippen LogP contribution in [0.1, 0.15) is 36.7 Å². The molecule has 1 atom stereocenters. The summed E-state index contributed by atoms with van der Waals surface area (Å²) in [6, 6.07) is 2.02. The van der Waals surface area contributed by atoms with Crippen molar-refractivity contribution >= 4 is 28.8 Å². The molecule has 23 heavy (non-hydrogen) atoms. The standard InChI is InChI=1S/C16H22N4O2S/c1-5-20-12(4)14(11(3)19-20)18-16(22)15(21)17-8-10(2)13-6-7-23-9-13/h6-7,9-10H,5,8H2,1-4H3,(H,17,21)(H,18,22)/t10-/m1/s1. The van der Waals surface area contributed by atoms with E-state index in [0.717, 1.165) is 11.3 Å². The minimum Gasteiger partial charge on any atom is -0.347 e. The highest BCUT2D eigenvalue weighted by Gasteiger charge is 2.19. The second-order valence-corrected chi connectivity index (χ2v) is 6.26. The van der Waals surface area contributed by atoms with Gasteiger partial charge in [0.1, 0.15) is 0 Å². The zero-order valence-corrected chi connectivity index (χ0v) is 14.7. The molecule has 2 rings (SSSR count). The molecule has 124 valence electrons. The van der Waals surface area contributed by atoms with E-state index >= 15 is 0 Å². The second kappa shape index (κ2) is 7.41. The maximum atomic E-state index is 12.1. The predicted octanol–water partition coefficient (Wildman–Crippen LogP) is 2.44. The van der Waals surface area contributed by atoms with Gasteiger partial charge in [0.15, 0.2) is 0 Å². The first-order valence-electron chi connectivity index (χ1n) is 7.59. The molecule has 0 aliphatic heterocycles. The van der Waals surface area contributed by atoms with Crippen molar-refractivity contribution in [2.24, 2.45) is 0 Å². The van der Waals surface area contributed by atoms with Gasteiger partial charge in [0.2, 0.25) is 0 Å². The third-order valence-corrected chi connectivity index (χ3v) is 4.51. The average molecular weight is 334 g/mol. The molecular weight excluding hydrogens is 312 g/mol. The highest BCUT2D eigenvalue weighted by molar-refractivity contribution is 7.07. The van der Waals surface area contributed by atoms with E-state index in [9.17, 15) is 9.59 Å². The summed E-state index contributed by atoms with van der Waals surface area (Å²) in [5.74, 6) is -1.12. The summed E-state index contributed by atoms with van der Waals surface area (Å²) in [7, 11) is 0. The van der Waals surface area contributed by atoms with E-state index in [-0.39, 0.29) is 5.92 Å². The fourth-order valence-electron chi connectivity index (χ4n) is 2.36. The van der Waals surface area contributed by atoms with Crippen LogP contribution >= 0.6 is 11.3 Å². The zero-order valence-electron chi connectivity index (χ0n) is 13.8. The van der Waals surface area contributed by atoms with E-state index < -0.39 is 11.8 Å². The van der Waals surface area contributed by atoms with Gasteiger partial charge in [-0.2, -0.15) is 16.4 Å². The molecule has 2 amide bonds.